The highest BCUT2D eigenvalue weighted by Crippen LogP contribution is 2.27. The van der Waals surface area contributed by atoms with Crippen LogP contribution in [0.4, 0.5) is 11.4 Å². The Bertz CT molecular complexity index is 937. The summed E-state index contributed by atoms with van der Waals surface area (Å²) in [6, 6.07) is 9.07. The van der Waals surface area contributed by atoms with Gasteiger partial charge in [0.1, 0.15) is 0 Å². The summed E-state index contributed by atoms with van der Waals surface area (Å²) in [5.74, 6) is -0.0401. The van der Waals surface area contributed by atoms with Gasteiger partial charge < -0.3 is 14.5 Å². The quantitative estimate of drug-likeness (QED) is 0.687. The van der Waals surface area contributed by atoms with E-state index in [1.54, 1.807) is 17.0 Å². The Morgan fingerprint density at radius 1 is 1.31 bits per heavy atom. The highest BCUT2D eigenvalue weighted by Gasteiger charge is 2.25. The number of carbonyl (C=O) groups excluding carboxylic acids is 1. The van der Waals surface area contributed by atoms with Gasteiger partial charge in [-0.15, -0.1) is 11.3 Å². The number of hydrogen-bond acceptors (Lipinski definition) is 6. The van der Waals surface area contributed by atoms with E-state index in [1.807, 2.05) is 42.6 Å². The van der Waals surface area contributed by atoms with E-state index in [0.717, 1.165) is 37.0 Å². The van der Waals surface area contributed by atoms with E-state index >= 15 is 0 Å². The van der Waals surface area contributed by atoms with Gasteiger partial charge in [0.25, 0.3) is 5.91 Å². The van der Waals surface area contributed by atoms with Crippen molar-refractivity contribution in [2.75, 3.05) is 43.1 Å². The first-order valence-electron chi connectivity index (χ1n) is 9.45. The minimum absolute atomic E-state index is 0.0269. The minimum Gasteiger partial charge on any atom is -0.377 e. The number of rotatable bonds is 8. The molecule has 1 aliphatic heterocycles. The number of nitrogens with zero attached hydrogens (tertiary/aromatic N) is 2. The molecule has 1 atom stereocenters. The lowest BCUT2D eigenvalue weighted by Gasteiger charge is -2.28. The van der Waals surface area contributed by atoms with Crippen molar-refractivity contribution in [2.24, 2.45) is 0 Å². The Morgan fingerprint density at radius 2 is 2.10 bits per heavy atom. The number of carbonyl (C=O) groups is 1. The summed E-state index contributed by atoms with van der Waals surface area (Å²) >= 11 is 1.42. The Labute approximate surface area is 176 Å². The summed E-state index contributed by atoms with van der Waals surface area (Å²) in [7, 11) is 0.461. The van der Waals surface area contributed by atoms with Gasteiger partial charge in [0.2, 0.25) is 10.0 Å². The SMILES string of the molecule is CN(C)c1ccc(NS(C)(=O)=O)cc1CN(C[C@@H]1CCCO1)C(=O)c1cccs1. The van der Waals surface area contributed by atoms with Crippen LogP contribution in [0.3, 0.4) is 0 Å². The molecule has 0 bridgehead atoms. The molecule has 1 N–H and O–H groups in total. The highest BCUT2D eigenvalue weighted by atomic mass is 32.2. The summed E-state index contributed by atoms with van der Waals surface area (Å²) in [6.45, 7) is 1.60. The predicted molar refractivity (Wildman–Crippen MR) is 117 cm³/mol. The maximum absolute atomic E-state index is 13.1. The summed E-state index contributed by atoms with van der Waals surface area (Å²) in [5.41, 5.74) is 2.28. The number of anilines is 2. The Morgan fingerprint density at radius 3 is 2.69 bits per heavy atom. The predicted octanol–water partition coefficient (Wildman–Crippen LogP) is 3.01. The first-order valence-corrected chi connectivity index (χ1v) is 12.2. The van der Waals surface area contributed by atoms with Crippen LogP contribution in [0.1, 0.15) is 28.1 Å². The van der Waals surface area contributed by atoms with Crippen molar-refractivity contribution in [1.82, 2.24) is 4.90 Å². The number of hydrogen-bond donors (Lipinski definition) is 1. The average molecular weight is 438 g/mol. The average Bonchev–Trinajstić information content (AvgIpc) is 3.33. The molecule has 0 aliphatic carbocycles. The van der Waals surface area contributed by atoms with Gasteiger partial charge in [-0.05, 0) is 48.1 Å². The molecule has 7 nitrogen and oxygen atoms in total. The minimum atomic E-state index is -3.39. The molecule has 0 unspecified atom stereocenters. The maximum Gasteiger partial charge on any atom is 0.264 e. The second-order valence-electron chi connectivity index (χ2n) is 7.41. The van der Waals surface area contributed by atoms with Gasteiger partial charge in [-0.25, -0.2) is 8.42 Å². The molecule has 1 fully saturated rings. The van der Waals surface area contributed by atoms with Crippen LogP contribution in [-0.2, 0) is 21.3 Å². The van der Waals surface area contributed by atoms with E-state index in [9.17, 15) is 13.2 Å². The zero-order valence-corrected chi connectivity index (χ0v) is 18.6. The molecule has 9 heteroatoms. The zero-order valence-electron chi connectivity index (χ0n) is 16.9. The fourth-order valence-electron chi connectivity index (χ4n) is 3.44. The summed E-state index contributed by atoms with van der Waals surface area (Å²) < 4.78 is 31.6. The lowest BCUT2D eigenvalue weighted by Crippen LogP contribution is -2.37. The van der Waals surface area contributed by atoms with Crippen molar-refractivity contribution in [2.45, 2.75) is 25.5 Å². The van der Waals surface area contributed by atoms with Crippen LogP contribution in [0.5, 0.6) is 0 Å². The van der Waals surface area contributed by atoms with Crippen LogP contribution < -0.4 is 9.62 Å². The standard InChI is InChI=1S/C20H27N3O4S2/c1-22(2)18-9-8-16(21-29(3,25)26)12-15(18)13-23(14-17-6-4-10-27-17)20(24)19-7-5-11-28-19/h5,7-9,11-12,17,21H,4,6,10,13-14H2,1-3H3/t17-/m0/s1. The molecule has 1 aliphatic rings. The molecular formula is C20H27N3O4S2. The molecule has 0 saturated carbocycles. The molecule has 0 spiro atoms. The Kier molecular flexibility index (Phi) is 6.81. The summed E-state index contributed by atoms with van der Waals surface area (Å²) in [4.78, 5) is 17.6. The molecule has 3 rings (SSSR count). The summed E-state index contributed by atoms with van der Waals surface area (Å²) in [6.07, 6.45) is 3.09. The molecule has 2 aromatic rings. The van der Waals surface area contributed by atoms with Gasteiger partial charge in [-0.3, -0.25) is 9.52 Å². The fraction of sp³-hybridized carbons (Fsp3) is 0.450. The van der Waals surface area contributed by atoms with E-state index in [0.29, 0.717) is 23.7 Å². The first-order chi connectivity index (χ1) is 13.7. The molecule has 29 heavy (non-hydrogen) atoms. The molecule has 1 amide bonds. The van der Waals surface area contributed by atoms with E-state index in [1.165, 1.54) is 11.3 Å². The topological polar surface area (TPSA) is 79.0 Å². The molecule has 1 aromatic carbocycles. The Balaban J connectivity index is 1.91. The third-order valence-electron chi connectivity index (χ3n) is 4.69. The maximum atomic E-state index is 13.1. The van der Waals surface area contributed by atoms with Crippen LogP contribution >= 0.6 is 11.3 Å². The zero-order chi connectivity index (χ0) is 21.0. The number of benzene rings is 1. The van der Waals surface area contributed by atoms with Crippen molar-refractivity contribution in [3.8, 4) is 0 Å². The molecule has 2 heterocycles. The molecule has 0 radical (unpaired) electrons. The molecular weight excluding hydrogens is 410 g/mol. The van der Waals surface area contributed by atoms with E-state index < -0.39 is 10.0 Å². The monoisotopic (exact) mass is 437 g/mol. The molecule has 158 valence electrons. The van der Waals surface area contributed by atoms with Crippen LogP contribution in [0.25, 0.3) is 0 Å². The van der Waals surface area contributed by atoms with Gasteiger partial charge in [-0.2, -0.15) is 0 Å². The van der Waals surface area contributed by atoms with Crippen molar-refractivity contribution in [3.63, 3.8) is 0 Å². The first kappa shape index (κ1) is 21.6. The number of nitrogens with one attached hydrogen (secondary N) is 1. The number of sulfonamides is 1. The number of amides is 1. The van der Waals surface area contributed by atoms with Crippen molar-refractivity contribution in [1.29, 1.82) is 0 Å². The number of thiophene rings is 1. The van der Waals surface area contributed by atoms with Crippen molar-refractivity contribution >= 4 is 38.6 Å². The van der Waals surface area contributed by atoms with E-state index in [2.05, 4.69) is 4.72 Å². The smallest absolute Gasteiger partial charge is 0.264 e. The lowest BCUT2D eigenvalue weighted by atomic mass is 10.1. The van der Waals surface area contributed by atoms with E-state index in [-0.39, 0.29) is 12.0 Å². The second kappa shape index (κ2) is 9.15. The summed E-state index contributed by atoms with van der Waals surface area (Å²) in [5, 5.41) is 1.89. The van der Waals surface area contributed by atoms with E-state index in [4.69, 9.17) is 4.74 Å². The largest absolute Gasteiger partial charge is 0.377 e. The van der Waals surface area contributed by atoms with Crippen molar-refractivity contribution < 1.29 is 17.9 Å². The third kappa shape index (κ3) is 5.94. The van der Waals surface area contributed by atoms with Crippen molar-refractivity contribution in [3.05, 3.63) is 46.2 Å². The van der Waals surface area contributed by atoms with Crippen LogP contribution in [-0.4, -0.2) is 58.8 Å². The van der Waals surface area contributed by atoms with Gasteiger partial charge in [0.15, 0.2) is 0 Å². The van der Waals surface area contributed by atoms with Gasteiger partial charge in [-0.1, -0.05) is 6.07 Å². The second-order valence-corrected chi connectivity index (χ2v) is 10.1. The number of ether oxygens (including phenoxy) is 1. The van der Waals surface area contributed by atoms with Crippen LogP contribution in [0.2, 0.25) is 0 Å². The van der Waals surface area contributed by atoms with Gasteiger partial charge >= 0.3 is 0 Å². The van der Waals surface area contributed by atoms with Gasteiger partial charge in [0.05, 0.1) is 17.2 Å². The highest BCUT2D eigenvalue weighted by molar-refractivity contribution is 7.92. The van der Waals surface area contributed by atoms with Gasteiger partial charge in [0, 0.05) is 45.2 Å². The Hall–Kier alpha value is -2.10. The lowest BCUT2D eigenvalue weighted by molar-refractivity contribution is 0.0511. The third-order valence-corrected chi connectivity index (χ3v) is 6.16. The molecule has 1 saturated heterocycles. The fourth-order valence-corrected chi connectivity index (χ4v) is 4.69. The van der Waals surface area contributed by atoms with Crippen LogP contribution in [0.15, 0.2) is 35.7 Å². The van der Waals surface area contributed by atoms with Crippen LogP contribution in [0, 0.1) is 0 Å². The molecule has 1 aromatic heterocycles. The normalized spacial score (nSPS) is 16.6.